The van der Waals surface area contributed by atoms with E-state index in [1.165, 1.54) is 5.56 Å². The van der Waals surface area contributed by atoms with Gasteiger partial charge in [-0.2, -0.15) is 0 Å². The van der Waals surface area contributed by atoms with Gasteiger partial charge in [-0.25, -0.2) is 9.59 Å². The first-order chi connectivity index (χ1) is 24.3. The lowest BCUT2D eigenvalue weighted by Crippen LogP contribution is -2.64. The highest BCUT2D eigenvalue weighted by molar-refractivity contribution is 5.91. The van der Waals surface area contributed by atoms with Gasteiger partial charge in [0.25, 0.3) is 0 Å². The van der Waals surface area contributed by atoms with Crippen LogP contribution >= 0.6 is 0 Å². The van der Waals surface area contributed by atoms with Gasteiger partial charge in [-0.1, -0.05) is 31.2 Å². The third kappa shape index (κ3) is 7.24. The lowest BCUT2D eigenvalue weighted by Gasteiger charge is -2.50. The van der Waals surface area contributed by atoms with Gasteiger partial charge >= 0.3 is 29.8 Å². The molecule has 2 saturated carbocycles. The second-order valence-corrected chi connectivity index (χ2v) is 14.1. The monoisotopic (exact) mass is 708 g/mol. The van der Waals surface area contributed by atoms with Crippen LogP contribution in [0.1, 0.15) is 80.8 Å². The molecule has 13 nitrogen and oxygen atoms in total. The minimum Gasteiger partial charge on any atom is -0.467 e. The van der Waals surface area contributed by atoms with Gasteiger partial charge in [-0.15, -0.1) is 0 Å². The molecule has 3 fully saturated rings. The normalized spacial score (nSPS) is 33.8. The lowest BCUT2D eigenvalue weighted by molar-refractivity contribution is -0.315. The number of carbonyl (C=O) groups is 5. The molecule has 1 N–H and O–H groups in total. The Morgan fingerprint density at radius 3 is 2.20 bits per heavy atom. The van der Waals surface area contributed by atoms with Crippen LogP contribution in [0.4, 0.5) is 0 Å². The summed E-state index contributed by atoms with van der Waals surface area (Å²) in [4.78, 5) is 62.2. The zero-order chi connectivity index (χ0) is 36.6. The smallest absolute Gasteiger partial charge is 0.343 e. The molecular weight excluding hydrogens is 664 g/mol. The molecule has 274 valence electrons. The maximum Gasteiger partial charge on any atom is 0.343 e. The summed E-state index contributed by atoms with van der Waals surface area (Å²) in [6, 6.07) is 14.7. The van der Waals surface area contributed by atoms with Crippen LogP contribution in [0.25, 0.3) is 0 Å². The topological polar surface area (TPSA) is 170 Å². The maximum absolute atomic E-state index is 12.9. The Hall–Kier alpha value is -4.33. The van der Waals surface area contributed by atoms with E-state index in [0.717, 1.165) is 52.7 Å². The number of aryl methyl sites for hydroxylation is 1. The molecule has 0 bridgehead atoms. The number of carbonyl (C=O) groups excluding carboxylic acids is 5. The van der Waals surface area contributed by atoms with Crippen LogP contribution in [0.15, 0.2) is 48.5 Å². The van der Waals surface area contributed by atoms with E-state index in [1.807, 2.05) is 24.3 Å². The van der Waals surface area contributed by atoms with Crippen LogP contribution in [0.3, 0.4) is 0 Å². The molecular formula is C38H44O13. The predicted octanol–water partition coefficient (Wildman–Crippen LogP) is 3.81. The molecule has 11 atom stereocenters. The fourth-order valence-electron chi connectivity index (χ4n) is 8.82. The van der Waals surface area contributed by atoms with E-state index in [2.05, 4.69) is 6.92 Å². The quantitative estimate of drug-likeness (QED) is 0.239. The van der Waals surface area contributed by atoms with Crippen LogP contribution in [0.5, 0.6) is 5.75 Å². The van der Waals surface area contributed by atoms with Crippen molar-refractivity contribution in [3.05, 3.63) is 65.2 Å². The molecule has 1 heterocycles. The SMILES string of the molecule is COC(=O)[C@H]1O[C@@H](O[C@@H]2C[C@H]3[C@@H]4CCc5cc(OC(=O)c6ccccc6)ccc5[C@H]4CC[C@]3(C)[C@H]2O)[C@H](OC(C)=O)[C@@H](OC(C)=O)[C@@H]1OC(C)=O. The summed E-state index contributed by atoms with van der Waals surface area (Å²) in [5.41, 5.74) is 2.30. The van der Waals surface area contributed by atoms with Crippen molar-refractivity contribution in [2.75, 3.05) is 7.11 Å². The minimum absolute atomic E-state index is 0.0465. The molecule has 3 aliphatic carbocycles. The number of hydrogen-bond acceptors (Lipinski definition) is 13. The minimum atomic E-state index is -1.59. The highest BCUT2D eigenvalue weighted by Gasteiger charge is 2.61. The Morgan fingerprint density at radius 2 is 1.53 bits per heavy atom. The summed E-state index contributed by atoms with van der Waals surface area (Å²) in [6.45, 7) is 5.44. The van der Waals surface area contributed by atoms with Gasteiger partial charge in [0.15, 0.2) is 30.7 Å². The third-order valence-electron chi connectivity index (χ3n) is 11.0. The molecule has 6 rings (SSSR count). The summed E-state index contributed by atoms with van der Waals surface area (Å²) < 4.78 is 39.4. The number of aliphatic hydroxyl groups is 1. The van der Waals surface area contributed by atoms with Gasteiger partial charge in [-0.05, 0) is 90.7 Å². The molecule has 0 spiro atoms. The predicted molar refractivity (Wildman–Crippen MR) is 176 cm³/mol. The van der Waals surface area contributed by atoms with Crippen LogP contribution in [-0.4, -0.2) is 85.0 Å². The molecule has 1 aliphatic heterocycles. The van der Waals surface area contributed by atoms with E-state index in [0.29, 0.717) is 24.2 Å². The van der Waals surface area contributed by atoms with Gasteiger partial charge in [0.1, 0.15) is 5.75 Å². The van der Waals surface area contributed by atoms with E-state index < -0.39 is 78.2 Å². The Kier molecular flexibility index (Phi) is 10.5. The van der Waals surface area contributed by atoms with E-state index in [1.54, 1.807) is 24.3 Å². The zero-order valence-corrected chi connectivity index (χ0v) is 29.3. The second kappa shape index (κ2) is 14.7. The number of benzene rings is 2. The van der Waals surface area contributed by atoms with Crippen molar-refractivity contribution in [2.24, 2.45) is 17.3 Å². The summed E-state index contributed by atoms with van der Waals surface area (Å²) in [5.74, 6) is -2.71. The molecule has 0 unspecified atom stereocenters. The Bertz CT molecular complexity index is 1660. The largest absolute Gasteiger partial charge is 0.467 e. The number of hydrogen-bond donors (Lipinski definition) is 1. The van der Waals surface area contributed by atoms with E-state index in [9.17, 15) is 29.1 Å². The molecule has 0 amide bonds. The molecule has 51 heavy (non-hydrogen) atoms. The van der Waals surface area contributed by atoms with Crippen molar-refractivity contribution in [1.82, 2.24) is 0 Å². The summed E-state index contributed by atoms with van der Waals surface area (Å²) in [6.07, 6.45) is -5.66. The Balaban J connectivity index is 1.23. The maximum atomic E-state index is 12.9. The number of rotatable bonds is 8. The van der Waals surface area contributed by atoms with Gasteiger partial charge < -0.3 is 38.3 Å². The second-order valence-electron chi connectivity index (χ2n) is 14.1. The highest BCUT2D eigenvalue weighted by Crippen LogP contribution is 2.61. The number of esters is 5. The molecule has 4 aliphatic rings. The van der Waals surface area contributed by atoms with Gasteiger partial charge in [0.2, 0.25) is 0 Å². The average molecular weight is 709 g/mol. The van der Waals surface area contributed by atoms with Crippen molar-refractivity contribution in [2.45, 2.75) is 109 Å². The van der Waals surface area contributed by atoms with Crippen molar-refractivity contribution in [3.8, 4) is 5.75 Å². The lowest BCUT2D eigenvalue weighted by atomic mass is 9.55. The zero-order valence-electron chi connectivity index (χ0n) is 29.3. The molecule has 0 aromatic heterocycles. The van der Waals surface area contributed by atoms with Crippen molar-refractivity contribution in [1.29, 1.82) is 0 Å². The number of ether oxygens (including phenoxy) is 7. The van der Waals surface area contributed by atoms with Crippen LogP contribution in [0, 0.1) is 17.3 Å². The van der Waals surface area contributed by atoms with Crippen molar-refractivity contribution >= 4 is 29.8 Å². The number of aliphatic hydroxyl groups excluding tert-OH is 1. The van der Waals surface area contributed by atoms with Gasteiger partial charge in [0, 0.05) is 20.8 Å². The van der Waals surface area contributed by atoms with Gasteiger partial charge in [-0.3, -0.25) is 14.4 Å². The highest BCUT2D eigenvalue weighted by atomic mass is 16.7. The van der Waals surface area contributed by atoms with Crippen molar-refractivity contribution < 1.29 is 62.2 Å². The van der Waals surface area contributed by atoms with E-state index >= 15 is 0 Å². The summed E-state index contributed by atoms with van der Waals surface area (Å²) in [7, 11) is 1.12. The molecule has 2 aromatic carbocycles. The van der Waals surface area contributed by atoms with Crippen LogP contribution in [0.2, 0.25) is 0 Å². The van der Waals surface area contributed by atoms with Gasteiger partial charge in [0.05, 0.1) is 24.9 Å². The van der Waals surface area contributed by atoms with Crippen molar-refractivity contribution in [3.63, 3.8) is 0 Å². The molecule has 13 heteroatoms. The fraction of sp³-hybridized carbons (Fsp3) is 0.553. The number of methoxy groups -OCH3 is 1. The third-order valence-corrected chi connectivity index (χ3v) is 11.0. The first-order valence-corrected chi connectivity index (χ1v) is 17.3. The molecule has 1 saturated heterocycles. The fourth-order valence-corrected chi connectivity index (χ4v) is 8.82. The number of fused-ring (bicyclic) bond motifs is 5. The summed E-state index contributed by atoms with van der Waals surface area (Å²) in [5, 5.41) is 11.9. The molecule has 2 aromatic rings. The Labute approximate surface area is 295 Å². The average Bonchev–Trinajstić information content (AvgIpc) is 3.35. The standard InChI is InChI=1S/C38H44O13/c1-19(39)46-30-31(47-20(2)40)33(48-21(3)41)37(51-32(30)36(44)45-5)50-29-18-28-27-13-11-23-17-24(49-35(43)22-9-7-6-8-10-22)12-14-25(23)26(27)15-16-38(28,4)34(29)42/h6-10,12,14,17,26-34,37,42H,11,13,15-16,18H2,1-5H3/t26-,27-,28+,29-,30+,31+,32+,33-,34+,37-,38+/m1/s1. The first-order valence-electron chi connectivity index (χ1n) is 17.3. The first kappa shape index (κ1) is 36.5. The van der Waals surface area contributed by atoms with Crippen LogP contribution < -0.4 is 4.74 Å². The van der Waals surface area contributed by atoms with Crippen LogP contribution in [-0.2, 0) is 54.0 Å². The Morgan fingerprint density at radius 1 is 0.863 bits per heavy atom. The van der Waals surface area contributed by atoms with E-state index in [4.69, 9.17) is 33.2 Å². The van der Waals surface area contributed by atoms with E-state index in [-0.39, 0.29) is 17.8 Å². The molecule has 0 radical (unpaired) electrons. The summed E-state index contributed by atoms with van der Waals surface area (Å²) >= 11 is 0.